The van der Waals surface area contributed by atoms with Gasteiger partial charge in [0.25, 0.3) is 5.91 Å². The fourth-order valence-corrected chi connectivity index (χ4v) is 4.50. The lowest BCUT2D eigenvalue weighted by atomic mass is 10.1. The third-order valence-corrected chi connectivity index (χ3v) is 6.08. The molecule has 1 saturated heterocycles. The highest BCUT2D eigenvalue weighted by molar-refractivity contribution is 6.07. The Morgan fingerprint density at radius 2 is 2.00 bits per heavy atom. The van der Waals surface area contributed by atoms with Crippen molar-refractivity contribution in [3.8, 4) is 5.69 Å². The van der Waals surface area contributed by atoms with Crippen LogP contribution in [0.2, 0.25) is 0 Å². The summed E-state index contributed by atoms with van der Waals surface area (Å²) >= 11 is 0. The number of aromatic nitrogens is 3. The van der Waals surface area contributed by atoms with Gasteiger partial charge in [0.05, 0.1) is 36.2 Å². The second-order valence-corrected chi connectivity index (χ2v) is 7.93. The van der Waals surface area contributed by atoms with Crippen molar-refractivity contribution in [2.75, 3.05) is 26.3 Å². The second-order valence-electron chi connectivity index (χ2n) is 7.93. The predicted molar refractivity (Wildman–Crippen MR) is 118 cm³/mol. The van der Waals surface area contributed by atoms with E-state index in [-0.39, 0.29) is 5.91 Å². The summed E-state index contributed by atoms with van der Waals surface area (Å²) in [7, 11) is 1.89. The van der Waals surface area contributed by atoms with Gasteiger partial charge < -0.3 is 14.6 Å². The SMILES string of the molecule is CC[C@H]1COC[C@H](CCNC(=O)c2cn(-c3cnn(C)c3)c3ccccc23)N1CC. The van der Waals surface area contributed by atoms with Crippen LogP contribution in [0.1, 0.15) is 37.0 Å². The molecule has 1 amide bonds. The fourth-order valence-electron chi connectivity index (χ4n) is 4.50. The molecule has 1 aliphatic heterocycles. The van der Waals surface area contributed by atoms with Gasteiger partial charge in [-0.3, -0.25) is 14.4 Å². The van der Waals surface area contributed by atoms with E-state index >= 15 is 0 Å². The summed E-state index contributed by atoms with van der Waals surface area (Å²) in [6.45, 7) is 7.60. The first-order valence-electron chi connectivity index (χ1n) is 10.8. The zero-order valence-corrected chi connectivity index (χ0v) is 18.0. The molecule has 0 bridgehead atoms. The van der Waals surface area contributed by atoms with Gasteiger partial charge in [0.1, 0.15) is 0 Å². The third kappa shape index (κ3) is 4.00. The van der Waals surface area contributed by atoms with Crippen LogP contribution in [0.25, 0.3) is 16.6 Å². The monoisotopic (exact) mass is 409 g/mol. The molecule has 0 spiro atoms. The minimum absolute atomic E-state index is 0.0411. The van der Waals surface area contributed by atoms with Crippen molar-refractivity contribution in [1.29, 1.82) is 0 Å². The molecule has 3 heterocycles. The van der Waals surface area contributed by atoms with Crippen molar-refractivity contribution in [3.63, 3.8) is 0 Å². The van der Waals surface area contributed by atoms with Crippen LogP contribution in [-0.4, -0.2) is 63.5 Å². The summed E-state index contributed by atoms with van der Waals surface area (Å²) in [5, 5.41) is 8.34. The van der Waals surface area contributed by atoms with E-state index in [0.29, 0.717) is 24.2 Å². The molecule has 2 atom stereocenters. The molecule has 160 valence electrons. The Kier molecular flexibility index (Phi) is 6.20. The zero-order chi connectivity index (χ0) is 21.1. The van der Waals surface area contributed by atoms with Crippen LogP contribution in [0.5, 0.6) is 0 Å². The highest BCUT2D eigenvalue weighted by atomic mass is 16.5. The van der Waals surface area contributed by atoms with E-state index in [2.05, 4.69) is 29.2 Å². The Morgan fingerprint density at radius 3 is 2.73 bits per heavy atom. The Bertz CT molecular complexity index is 1010. The summed E-state index contributed by atoms with van der Waals surface area (Å²) in [5.74, 6) is -0.0411. The fraction of sp³-hybridized carbons (Fsp3) is 0.478. The van der Waals surface area contributed by atoms with Crippen LogP contribution in [-0.2, 0) is 11.8 Å². The van der Waals surface area contributed by atoms with Gasteiger partial charge in [-0.2, -0.15) is 5.10 Å². The minimum atomic E-state index is -0.0411. The molecule has 3 aromatic rings. The number of benzene rings is 1. The molecule has 4 rings (SSSR count). The molecule has 0 saturated carbocycles. The van der Waals surface area contributed by atoms with E-state index in [0.717, 1.165) is 49.2 Å². The number of amides is 1. The minimum Gasteiger partial charge on any atom is -0.378 e. The van der Waals surface area contributed by atoms with Crippen LogP contribution in [0.3, 0.4) is 0 Å². The molecule has 30 heavy (non-hydrogen) atoms. The van der Waals surface area contributed by atoms with Crippen LogP contribution < -0.4 is 5.32 Å². The molecule has 7 heteroatoms. The van der Waals surface area contributed by atoms with Gasteiger partial charge >= 0.3 is 0 Å². The quantitative estimate of drug-likeness (QED) is 0.652. The van der Waals surface area contributed by atoms with Gasteiger partial charge in [0.15, 0.2) is 0 Å². The van der Waals surface area contributed by atoms with Crippen LogP contribution in [0, 0.1) is 0 Å². The summed E-state index contributed by atoms with van der Waals surface area (Å²) < 4.78 is 9.59. The lowest BCUT2D eigenvalue weighted by Gasteiger charge is -2.41. The Balaban J connectivity index is 1.48. The average Bonchev–Trinajstić information content (AvgIpc) is 3.37. The van der Waals surface area contributed by atoms with Crippen molar-refractivity contribution in [1.82, 2.24) is 24.6 Å². The maximum atomic E-state index is 13.0. The highest BCUT2D eigenvalue weighted by Gasteiger charge is 2.28. The van der Waals surface area contributed by atoms with Gasteiger partial charge in [-0.1, -0.05) is 32.0 Å². The van der Waals surface area contributed by atoms with Crippen LogP contribution in [0.4, 0.5) is 0 Å². The molecule has 1 aromatic carbocycles. The number of aryl methyl sites for hydroxylation is 1. The van der Waals surface area contributed by atoms with Crippen LogP contribution in [0.15, 0.2) is 42.9 Å². The number of hydrogen-bond donors (Lipinski definition) is 1. The van der Waals surface area contributed by atoms with E-state index in [1.165, 1.54) is 0 Å². The van der Waals surface area contributed by atoms with E-state index in [1.807, 2.05) is 48.3 Å². The van der Waals surface area contributed by atoms with Crippen molar-refractivity contribution in [2.24, 2.45) is 7.05 Å². The van der Waals surface area contributed by atoms with Gasteiger partial charge in [-0.05, 0) is 25.5 Å². The van der Waals surface area contributed by atoms with E-state index in [9.17, 15) is 4.79 Å². The number of morpholine rings is 1. The smallest absolute Gasteiger partial charge is 0.253 e. The number of fused-ring (bicyclic) bond motifs is 1. The molecule has 7 nitrogen and oxygen atoms in total. The van der Waals surface area contributed by atoms with Gasteiger partial charge in [0, 0.05) is 43.5 Å². The summed E-state index contributed by atoms with van der Waals surface area (Å²) in [5.41, 5.74) is 2.63. The standard InChI is InChI=1S/C23H31N5O2/c1-4-17-15-30-16-18(27(17)5-2)10-11-24-23(29)21-14-28(19-12-25-26(3)13-19)22-9-7-6-8-20(21)22/h6-9,12-14,17-18H,4-5,10-11,15-16H2,1-3H3,(H,24,29)/t17-,18-/m0/s1. The van der Waals surface area contributed by atoms with E-state index in [4.69, 9.17) is 4.74 Å². The summed E-state index contributed by atoms with van der Waals surface area (Å²) in [6, 6.07) is 8.81. The topological polar surface area (TPSA) is 64.3 Å². The van der Waals surface area contributed by atoms with E-state index < -0.39 is 0 Å². The first-order valence-corrected chi connectivity index (χ1v) is 10.8. The van der Waals surface area contributed by atoms with Gasteiger partial charge in [-0.15, -0.1) is 0 Å². The maximum Gasteiger partial charge on any atom is 0.253 e. The zero-order valence-electron chi connectivity index (χ0n) is 18.0. The molecule has 0 unspecified atom stereocenters. The van der Waals surface area contributed by atoms with Crippen molar-refractivity contribution >= 4 is 16.8 Å². The Labute approximate surface area is 177 Å². The molecule has 1 N–H and O–H groups in total. The largest absolute Gasteiger partial charge is 0.378 e. The predicted octanol–water partition coefficient (Wildman–Crippen LogP) is 2.98. The number of para-hydroxylation sites is 1. The summed E-state index contributed by atoms with van der Waals surface area (Å²) in [6.07, 6.45) is 7.63. The van der Waals surface area contributed by atoms with Crippen molar-refractivity contribution < 1.29 is 9.53 Å². The Hall–Kier alpha value is -2.64. The number of hydrogen-bond acceptors (Lipinski definition) is 4. The maximum absolute atomic E-state index is 13.0. The molecular formula is C23H31N5O2. The van der Waals surface area contributed by atoms with Gasteiger partial charge in [-0.25, -0.2) is 0 Å². The van der Waals surface area contributed by atoms with Crippen molar-refractivity contribution in [3.05, 3.63) is 48.4 Å². The number of likely N-dealkylation sites (N-methyl/N-ethyl adjacent to an activating group) is 1. The normalized spacial score (nSPS) is 20.0. The number of ether oxygens (including phenoxy) is 1. The molecule has 1 aliphatic rings. The molecule has 0 aliphatic carbocycles. The van der Waals surface area contributed by atoms with E-state index in [1.54, 1.807) is 10.9 Å². The first-order chi connectivity index (χ1) is 14.6. The highest BCUT2D eigenvalue weighted by Crippen LogP contribution is 2.25. The number of carbonyl (C=O) groups excluding carboxylic acids is 1. The van der Waals surface area contributed by atoms with Crippen LogP contribution >= 0.6 is 0 Å². The second kappa shape index (κ2) is 9.02. The first kappa shape index (κ1) is 20.6. The molecule has 1 fully saturated rings. The molecular weight excluding hydrogens is 378 g/mol. The third-order valence-electron chi connectivity index (χ3n) is 6.08. The molecule has 2 aromatic heterocycles. The average molecular weight is 410 g/mol. The lowest BCUT2D eigenvalue weighted by molar-refractivity contribution is -0.0498. The number of nitrogens with zero attached hydrogens (tertiary/aromatic N) is 4. The van der Waals surface area contributed by atoms with Crippen molar-refractivity contribution in [2.45, 2.75) is 38.8 Å². The summed E-state index contributed by atoms with van der Waals surface area (Å²) in [4.78, 5) is 15.5. The van der Waals surface area contributed by atoms with Gasteiger partial charge in [0.2, 0.25) is 0 Å². The number of rotatable bonds is 7. The number of carbonyl (C=O) groups is 1. The molecule has 0 radical (unpaired) electrons. The Morgan fingerprint density at radius 1 is 1.20 bits per heavy atom. The number of nitrogens with one attached hydrogen (secondary N) is 1. The lowest BCUT2D eigenvalue weighted by Crippen LogP contribution is -2.52.